The number of carbonyl (C=O) groups is 2. The Hall–Kier alpha value is -1.14. The molecule has 3 aliphatic rings. The van der Waals surface area contributed by atoms with Gasteiger partial charge in [-0.05, 0) is 31.1 Å². The highest BCUT2D eigenvalue weighted by Crippen LogP contribution is 2.36. The molecule has 2 saturated heterocycles. The van der Waals surface area contributed by atoms with Gasteiger partial charge in [0, 0.05) is 26.6 Å². The van der Waals surface area contributed by atoms with Crippen molar-refractivity contribution in [2.24, 2.45) is 11.8 Å². The molecule has 0 aromatic rings. The van der Waals surface area contributed by atoms with E-state index in [4.69, 9.17) is 4.74 Å². The summed E-state index contributed by atoms with van der Waals surface area (Å²) in [7, 11) is 1.68. The van der Waals surface area contributed by atoms with Crippen molar-refractivity contribution < 1.29 is 14.3 Å². The molecular weight excluding hydrogens is 306 g/mol. The monoisotopic (exact) mass is 337 g/mol. The second-order valence-corrected chi connectivity index (χ2v) is 8.18. The predicted molar refractivity (Wildman–Crippen MR) is 91.5 cm³/mol. The first-order chi connectivity index (χ1) is 11.4. The van der Waals surface area contributed by atoms with Crippen LogP contribution in [0.4, 0.5) is 0 Å². The molecule has 2 amide bonds. The van der Waals surface area contributed by atoms with Gasteiger partial charge in [-0.1, -0.05) is 13.8 Å². The Morgan fingerprint density at radius 3 is 2.54 bits per heavy atom. The van der Waals surface area contributed by atoms with Gasteiger partial charge in [0.2, 0.25) is 11.8 Å². The lowest BCUT2D eigenvalue weighted by atomic mass is 9.89. The zero-order valence-corrected chi connectivity index (χ0v) is 15.2. The van der Waals surface area contributed by atoms with E-state index < -0.39 is 0 Å². The molecule has 0 aromatic heterocycles. The lowest BCUT2D eigenvalue weighted by Crippen LogP contribution is -2.73. The molecule has 136 valence electrons. The van der Waals surface area contributed by atoms with Gasteiger partial charge in [0.1, 0.15) is 11.6 Å². The maximum absolute atomic E-state index is 12.2. The smallest absolute Gasteiger partial charge is 0.239 e. The lowest BCUT2D eigenvalue weighted by Gasteiger charge is -2.55. The third-order valence-electron chi connectivity index (χ3n) is 5.46. The van der Waals surface area contributed by atoms with Crippen molar-refractivity contribution >= 4 is 11.8 Å². The van der Waals surface area contributed by atoms with Crippen LogP contribution in [0, 0.1) is 11.8 Å². The molecule has 0 radical (unpaired) electrons. The largest absolute Gasteiger partial charge is 0.368 e. The van der Waals surface area contributed by atoms with Crippen LogP contribution in [0.2, 0.25) is 0 Å². The number of ether oxygens (including phenoxy) is 1. The molecule has 2 aliphatic heterocycles. The van der Waals surface area contributed by atoms with E-state index in [1.54, 1.807) is 7.05 Å². The Bertz CT molecular complexity index is 484. The highest BCUT2D eigenvalue weighted by Gasteiger charge is 2.52. The fourth-order valence-corrected chi connectivity index (χ4v) is 3.71. The van der Waals surface area contributed by atoms with Gasteiger partial charge in [-0.25, -0.2) is 0 Å². The number of nitrogens with one attached hydrogen (secondary N) is 1. The van der Waals surface area contributed by atoms with Crippen molar-refractivity contribution in [3.8, 4) is 0 Å². The number of hydrogen-bond acceptors (Lipinski definition) is 4. The number of hydrogen-bond donors (Lipinski definition) is 1. The molecule has 3 fully saturated rings. The summed E-state index contributed by atoms with van der Waals surface area (Å²) >= 11 is 0. The van der Waals surface area contributed by atoms with E-state index >= 15 is 0 Å². The van der Waals surface area contributed by atoms with Crippen LogP contribution in [-0.4, -0.2) is 73.1 Å². The fraction of sp³-hybridized carbons (Fsp3) is 0.889. The van der Waals surface area contributed by atoms with Crippen LogP contribution < -0.4 is 5.32 Å². The molecule has 2 heterocycles. The molecule has 6 nitrogen and oxygen atoms in total. The highest BCUT2D eigenvalue weighted by atomic mass is 16.5. The van der Waals surface area contributed by atoms with Crippen molar-refractivity contribution in [3.05, 3.63) is 0 Å². The van der Waals surface area contributed by atoms with Crippen molar-refractivity contribution in [1.29, 1.82) is 0 Å². The maximum Gasteiger partial charge on any atom is 0.239 e. The molecule has 6 heteroatoms. The molecule has 1 N–H and O–H groups in total. The molecule has 1 saturated carbocycles. The molecule has 0 unspecified atom stereocenters. The fourth-order valence-electron chi connectivity index (χ4n) is 3.71. The first kappa shape index (κ1) is 17.7. The molecule has 24 heavy (non-hydrogen) atoms. The van der Waals surface area contributed by atoms with Gasteiger partial charge in [-0.2, -0.15) is 0 Å². The van der Waals surface area contributed by atoms with E-state index in [1.165, 1.54) is 12.8 Å². The van der Waals surface area contributed by atoms with Crippen molar-refractivity contribution in [1.82, 2.24) is 15.1 Å². The van der Waals surface area contributed by atoms with Crippen LogP contribution in [0.3, 0.4) is 0 Å². The van der Waals surface area contributed by atoms with E-state index in [2.05, 4.69) is 24.1 Å². The number of nitrogens with zero attached hydrogens (tertiary/aromatic N) is 2. The zero-order valence-electron chi connectivity index (χ0n) is 15.2. The Morgan fingerprint density at radius 1 is 1.25 bits per heavy atom. The van der Waals surface area contributed by atoms with E-state index in [9.17, 15) is 9.59 Å². The molecule has 3 rings (SSSR count). The summed E-state index contributed by atoms with van der Waals surface area (Å²) in [5, 5.41) is 2.75. The minimum Gasteiger partial charge on any atom is -0.368 e. The van der Waals surface area contributed by atoms with Gasteiger partial charge in [-0.15, -0.1) is 0 Å². The van der Waals surface area contributed by atoms with E-state index in [1.807, 2.05) is 4.90 Å². The summed E-state index contributed by atoms with van der Waals surface area (Å²) in [4.78, 5) is 28.6. The molecule has 0 bridgehead atoms. The van der Waals surface area contributed by atoms with Crippen LogP contribution in [0.15, 0.2) is 0 Å². The van der Waals surface area contributed by atoms with Crippen molar-refractivity contribution in [3.63, 3.8) is 0 Å². The summed E-state index contributed by atoms with van der Waals surface area (Å²) in [5.74, 6) is 1.56. The Morgan fingerprint density at radius 2 is 1.96 bits per heavy atom. The van der Waals surface area contributed by atoms with E-state index in [-0.39, 0.29) is 23.5 Å². The Balaban J connectivity index is 1.54. The van der Waals surface area contributed by atoms with Gasteiger partial charge < -0.3 is 15.0 Å². The molecule has 0 aromatic carbocycles. The van der Waals surface area contributed by atoms with E-state index in [0.29, 0.717) is 32.0 Å². The van der Waals surface area contributed by atoms with Gasteiger partial charge in [0.05, 0.1) is 19.7 Å². The molecule has 1 spiro atoms. The predicted octanol–water partition coefficient (Wildman–Crippen LogP) is 0.860. The molecular formula is C18H31N3O3. The summed E-state index contributed by atoms with van der Waals surface area (Å²) in [5.41, 5.74) is -0.257. The highest BCUT2D eigenvalue weighted by molar-refractivity contribution is 5.82. The average molecular weight is 337 g/mol. The van der Waals surface area contributed by atoms with Crippen molar-refractivity contribution in [2.45, 2.75) is 51.2 Å². The third-order valence-corrected chi connectivity index (χ3v) is 5.46. The Kier molecular flexibility index (Phi) is 5.16. The minimum absolute atomic E-state index is 0.0367. The normalized spacial score (nSPS) is 26.5. The van der Waals surface area contributed by atoms with Gasteiger partial charge in [0.15, 0.2) is 0 Å². The SMILES string of the molecule is CNC(=O)[C@H]1COC2(CN(C(=O)CCC(C)C)C2)CN1CC1CC1. The van der Waals surface area contributed by atoms with Crippen LogP contribution in [0.5, 0.6) is 0 Å². The number of carbonyl (C=O) groups excluding carboxylic acids is 2. The number of morpholine rings is 1. The van der Waals surface area contributed by atoms with E-state index in [0.717, 1.165) is 25.4 Å². The van der Waals surface area contributed by atoms with Crippen LogP contribution in [0.1, 0.15) is 39.5 Å². The van der Waals surface area contributed by atoms with Crippen molar-refractivity contribution in [2.75, 3.05) is 39.8 Å². The van der Waals surface area contributed by atoms with Gasteiger partial charge in [0.25, 0.3) is 0 Å². The van der Waals surface area contributed by atoms with Crippen LogP contribution in [-0.2, 0) is 14.3 Å². The number of rotatable bonds is 6. The summed E-state index contributed by atoms with van der Waals surface area (Å²) < 4.78 is 6.08. The first-order valence-corrected chi connectivity index (χ1v) is 9.30. The van der Waals surface area contributed by atoms with Crippen LogP contribution >= 0.6 is 0 Å². The second-order valence-electron chi connectivity index (χ2n) is 8.18. The summed E-state index contributed by atoms with van der Waals surface area (Å²) in [6.45, 7) is 7.80. The summed E-state index contributed by atoms with van der Waals surface area (Å²) in [6, 6.07) is -0.188. The quantitative estimate of drug-likeness (QED) is 0.781. The topological polar surface area (TPSA) is 61.9 Å². The first-order valence-electron chi connectivity index (χ1n) is 9.30. The molecule has 1 atom stereocenters. The van der Waals surface area contributed by atoms with Crippen LogP contribution in [0.25, 0.3) is 0 Å². The van der Waals surface area contributed by atoms with Gasteiger partial charge >= 0.3 is 0 Å². The zero-order chi connectivity index (χ0) is 17.3. The van der Waals surface area contributed by atoms with Gasteiger partial charge in [-0.3, -0.25) is 14.5 Å². The summed E-state index contributed by atoms with van der Waals surface area (Å²) in [6.07, 6.45) is 4.10. The Labute approximate surface area is 144 Å². The third kappa shape index (κ3) is 3.91. The average Bonchev–Trinajstić information content (AvgIpc) is 3.33. The number of likely N-dealkylation sites (tertiary alicyclic amines) is 1. The molecule has 1 aliphatic carbocycles. The number of amides is 2. The second kappa shape index (κ2) is 7.00. The maximum atomic E-state index is 12.2. The lowest BCUT2D eigenvalue weighted by molar-refractivity contribution is -0.204. The standard InChI is InChI=1S/C18H31N3O3/c1-13(2)4-7-16(22)21-11-18(12-21)10-20(8-14-5-6-14)15(9-24-18)17(23)19-3/h13-15H,4-12H2,1-3H3,(H,19,23)/t15-/m1/s1. The number of likely N-dealkylation sites (N-methyl/N-ethyl adjacent to an activating group) is 1. The minimum atomic E-state index is -0.257.